The lowest BCUT2D eigenvalue weighted by Crippen LogP contribution is -2.36. The molecule has 0 saturated heterocycles. The van der Waals surface area contributed by atoms with Crippen LogP contribution in [0.5, 0.6) is 0 Å². The van der Waals surface area contributed by atoms with E-state index in [-0.39, 0.29) is 6.10 Å². The van der Waals surface area contributed by atoms with Crippen molar-refractivity contribution in [3.63, 3.8) is 0 Å². The number of carbonyl (C=O) groups is 2. The van der Waals surface area contributed by atoms with Crippen molar-refractivity contribution in [2.75, 3.05) is 6.61 Å². The van der Waals surface area contributed by atoms with Gasteiger partial charge >= 0.3 is 11.9 Å². The van der Waals surface area contributed by atoms with Crippen LogP contribution in [0.25, 0.3) is 0 Å². The Hall–Kier alpha value is -2.78. The minimum Gasteiger partial charge on any atom is -0.460 e. The second kappa shape index (κ2) is 11.2. The van der Waals surface area contributed by atoms with E-state index in [0.29, 0.717) is 33.8 Å². The molecule has 2 aromatic rings. The van der Waals surface area contributed by atoms with Gasteiger partial charge in [-0.05, 0) is 54.9 Å². The summed E-state index contributed by atoms with van der Waals surface area (Å²) in [5.41, 5.74) is 0.884. The largest absolute Gasteiger partial charge is 0.460 e. The molecular weight excluding hydrogens is 422 g/mol. The molecule has 3 rings (SSSR count). The Morgan fingerprint density at radius 1 is 1.09 bits per heavy atom. The van der Waals surface area contributed by atoms with Crippen molar-refractivity contribution in [3.8, 4) is 6.07 Å². The minimum absolute atomic E-state index is 0.129. The van der Waals surface area contributed by atoms with Crippen molar-refractivity contribution in [2.24, 2.45) is 17.8 Å². The fraction of sp³-hybridized carbons (Fsp3) is 0.423. The third-order valence-electron chi connectivity index (χ3n) is 5.90. The van der Waals surface area contributed by atoms with Gasteiger partial charge in [-0.3, -0.25) is 0 Å². The van der Waals surface area contributed by atoms with Crippen LogP contribution in [0, 0.1) is 29.1 Å². The van der Waals surface area contributed by atoms with E-state index < -0.39 is 18.5 Å². The first-order chi connectivity index (χ1) is 15.4. The molecule has 1 aliphatic rings. The Morgan fingerprint density at radius 3 is 2.50 bits per heavy atom. The lowest BCUT2D eigenvalue weighted by atomic mass is 9.75. The molecule has 0 unspecified atom stereocenters. The summed E-state index contributed by atoms with van der Waals surface area (Å²) in [6.07, 6.45) is 2.91. The zero-order chi connectivity index (χ0) is 23.1. The van der Waals surface area contributed by atoms with Crippen LogP contribution in [0.3, 0.4) is 0 Å². The zero-order valence-electron chi connectivity index (χ0n) is 18.7. The Morgan fingerprint density at radius 2 is 1.78 bits per heavy atom. The molecule has 6 heteroatoms. The van der Waals surface area contributed by atoms with Gasteiger partial charge in [0.25, 0.3) is 0 Å². The highest BCUT2D eigenvalue weighted by atomic mass is 32.2. The topological polar surface area (TPSA) is 76.4 Å². The molecule has 1 fully saturated rings. The van der Waals surface area contributed by atoms with E-state index in [0.717, 1.165) is 24.2 Å². The maximum Gasteiger partial charge on any atom is 0.344 e. The molecule has 0 amide bonds. The van der Waals surface area contributed by atoms with E-state index in [2.05, 4.69) is 26.8 Å². The molecular formula is C26H29NO4S. The first kappa shape index (κ1) is 23.9. The summed E-state index contributed by atoms with van der Waals surface area (Å²) in [5, 5.41) is 9.32. The monoisotopic (exact) mass is 451 g/mol. The molecule has 1 saturated carbocycles. The van der Waals surface area contributed by atoms with E-state index >= 15 is 0 Å². The smallest absolute Gasteiger partial charge is 0.344 e. The molecule has 0 bridgehead atoms. The maximum atomic E-state index is 12.7. The van der Waals surface area contributed by atoms with Gasteiger partial charge in [-0.25, -0.2) is 9.59 Å². The Balaban J connectivity index is 1.63. The minimum atomic E-state index is -0.586. The molecule has 0 heterocycles. The number of nitriles is 1. The van der Waals surface area contributed by atoms with E-state index in [4.69, 9.17) is 9.47 Å². The van der Waals surface area contributed by atoms with E-state index in [1.54, 1.807) is 30.3 Å². The molecule has 1 aliphatic carbocycles. The number of benzene rings is 2. The fourth-order valence-electron chi connectivity index (χ4n) is 4.15. The second-order valence-electron chi connectivity index (χ2n) is 8.64. The van der Waals surface area contributed by atoms with Gasteiger partial charge in [0.15, 0.2) is 6.61 Å². The van der Waals surface area contributed by atoms with Crippen LogP contribution in [0.4, 0.5) is 0 Å². The lowest BCUT2D eigenvalue weighted by Gasteiger charge is -2.36. The molecule has 2 aromatic carbocycles. The summed E-state index contributed by atoms with van der Waals surface area (Å²) in [7, 11) is 0. The first-order valence-electron chi connectivity index (χ1n) is 11.0. The number of hydrogen-bond acceptors (Lipinski definition) is 6. The van der Waals surface area contributed by atoms with E-state index in [1.807, 2.05) is 18.2 Å². The number of esters is 2. The Bertz CT molecular complexity index is 997. The highest BCUT2D eigenvalue weighted by molar-refractivity contribution is 7.99. The molecule has 0 aromatic heterocycles. The van der Waals surface area contributed by atoms with Crippen molar-refractivity contribution < 1.29 is 19.1 Å². The van der Waals surface area contributed by atoms with Gasteiger partial charge in [0.1, 0.15) is 12.2 Å². The van der Waals surface area contributed by atoms with Gasteiger partial charge in [0.2, 0.25) is 0 Å². The van der Waals surface area contributed by atoms with Crippen molar-refractivity contribution in [3.05, 3.63) is 59.7 Å². The maximum absolute atomic E-state index is 12.7. The average molecular weight is 452 g/mol. The van der Waals surface area contributed by atoms with Crippen molar-refractivity contribution >= 4 is 23.7 Å². The van der Waals surface area contributed by atoms with Gasteiger partial charge in [0, 0.05) is 9.79 Å². The predicted molar refractivity (Wildman–Crippen MR) is 123 cm³/mol. The first-order valence-corrected chi connectivity index (χ1v) is 11.8. The summed E-state index contributed by atoms with van der Waals surface area (Å²) in [6, 6.07) is 16.4. The summed E-state index contributed by atoms with van der Waals surface area (Å²) in [6.45, 7) is 6.07. The van der Waals surface area contributed by atoms with Gasteiger partial charge in [-0.15, -0.1) is 0 Å². The number of nitrogens with zero attached hydrogens (tertiary/aromatic N) is 1. The number of ether oxygens (including phenoxy) is 2. The molecule has 0 aliphatic heterocycles. The normalized spacial score (nSPS) is 20.4. The fourth-order valence-corrected chi connectivity index (χ4v) is 5.16. The molecule has 168 valence electrons. The molecule has 0 radical (unpaired) electrons. The van der Waals surface area contributed by atoms with Crippen LogP contribution < -0.4 is 0 Å². The van der Waals surface area contributed by atoms with Crippen molar-refractivity contribution in [1.29, 1.82) is 5.26 Å². The second-order valence-corrected chi connectivity index (χ2v) is 9.72. The summed E-state index contributed by atoms with van der Waals surface area (Å²) < 4.78 is 11.0. The zero-order valence-corrected chi connectivity index (χ0v) is 19.6. The third-order valence-corrected chi connectivity index (χ3v) is 7.05. The summed E-state index contributed by atoms with van der Waals surface area (Å²) >= 11 is 1.32. The van der Waals surface area contributed by atoms with Crippen LogP contribution >= 0.6 is 11.8 Å². The third kappa shape index (κ3) is 6.14. The van der Waals surface area contributed by atoms with Gasteiger partial charge in [-0.1, -0.05) is 63.2 Å². The standard InChI is InChI=1S/C26H29NO4S/c1-17(2)20-13-12-18(3)14-22(20)31-25(28)16-30-26(29)21-9-5-7-11-24(21)32-23-10-6-4-8-19(23)15-27/h4-11,17-18,20,22H,12-14,16H2,1-3H3/t18-,20+,22+/m1/s1. The SMILES string of the molecule is CC(C)[C@@H]1CC[C@@H](C)C[C@@H]1OC(=O)COC(=O)c1ccccc1Sc1ccccc1C#N. The van der Waals surface area contributed by atoms with Gasteiger partial charge in [-0.2, -0.15) is 5.26 Å². The Kier molecular flexibility index (Phi) is 8.35. The van der Waals surface area contributed by atoms with Crippen molar-refractivity contribution in [1.82, 2.24) is 0 Å². The lowest BCUT2D eigenvalue weighted by molar-refractivity contribution is -0.159. The summed E-state index contributed by atoms with van der Waals surface area (Å²) in [4.78, 5) is 26.6. The van der Waals surface area contributed by atoms with Crippen molar-refractivity contribution in [2.45, 2.75) is 55.9 Å². The number of hydrogen-bond donors (Lipinski definition) is 0. The Labute approximate surface area is 194 Å². The summed E-state index contributed by atoms with van der Waals surface area (Å²) in [5.74, 6) is 0.191. The van der Waals surface area contributed by atoms with Crippen LogP contribution in [0.1, 0.15) is 56.0 Å². The van der Waals surface area contributed by atoms with Crippen LogP contribution in [0.2, 0.25) is 0 Å². The highest BCUT2D eigenvalue weighted by Crippen LogP contribution is 2.35. The number of rotatable bonds is 7. The van der Waals surface area contributed by atoms with Crippen LogP contribution in [-0.4, -0.2) is 24.6 Å². The molecule has 3 atom stereocenters. The number of carbonyl (C=O) groups excluding carboxylic acids is 2. The molecule has 32 heavy (non-hydrogen) atoms. The highest BCUT2D eigenvalue weighted by Gasteiger charge is 2.33. The average Bonchev–Trinajstić information content (AvgIpc) is 2.78. The van der Waals surface area contributed by atoms with Crippen LogP contribution in [0.15, 0.2) is 58.3 Å². The van der Waals surface area contributed by atoms with Crippen LogP contribution in [-0.2, 0) is 14.3 Å². The molecule has 0 N–H and O–H groups in total. The quantitative estimate of drug-likeness (QED) is 0.490. The van der Waals surface area contributed by atoms with Gasteiger partial charge < -0.3 is 9.47 Å². The van der Waals surface area contributed by atoms with E-state index in [9.17, 15) is 14.9 Å². The molecule has 5 nitrogen and oxygen atoms in total. The van der Waals surface area contributed by atoms with Gasteiger partial charge in [0.05, 0.1) is 11.1 Å². The predicted octanol–water partition coefficient (Wildman–Crippen LogP) is 5.87. The van der Waals surface area contributed by atoms with E-state index in [1.165, 1.54) is 11.8 Å². The molecule has 0 spiro atoms.